The second kappa shape index (κ2) is 2.27. The average molecular weight is 149 g/mol. The lowest BCUT2D eigenvalue weighted by Crippen LogP contribution is -2.18. The minimum absolute atomic E-state index is 0.222. The highest BCUT2D eigenvalue weighted by Gasteiger charge is 2.30. The molecule has 0 amide bonds. The van der Waals surface area contributed by atoms with Crippen LogP contribution in [0.2, 0.25) is 0 Å². The summed E-state index contributed by atoms with van der Waals surface area (Å²) in [5.41, 5.74) is 0. The molecule has 0 aliphatic carbocycles. The molecule has 0 spiro atoms. The van der Waals surface area contributed by atoms with Gasteiger partial charge in [0, 0.05) is 0 Å². The van der Waals surface area contributed by atoms with Crippen LogP contribution in [0.3, 0.4) is 0 Å². The molecule has 0 bridgehead atoms. The summed E-state index contributed by atoms with van der Waals surface area (Å²) in [5, 5.41) is 9.60. The van der Waals surface area contributed by atoms with Gasteiger partial charge in [0.25, 0.3) is 0 Å². The van der Waals surface area contributed by atoms with Crippen LogP contribution < -0.4 is 0 Å². The minimum Gasteiger partial charge on any atom is -0.235 e. The molecule has 1 rings (SSSR count). The van der Waals surface area contributed by atoms with Gasteiger partial charge in [0.1, 0.15) is 0 Å². The van der Waals surface area contributed by atoms with Gasteiger partial charge in [0.15, 0.2) is 9.84 Å². The second-order valence-electron chi connectivity index (χ2n) is 2.30. The van der Waals surface area contributed by atoms with Crippen LogP contribution in [-0.2, 0) is 14.9 Å². The van der Waals surface area contributed by atoms with Crippen LogP contribution in [0, 0.1) is 0 Å². The van der Waals surface area contributed by atoms with Crippen molar-refractivity contribution in [3.8, 4) is 0 Å². The lowest BCUT2D eigenvalue weighted by Gasteiger charge is -1.99. The maximum atomic E-state index is 10.8. The van der Waals surface area contributed by atoms with E-state index in [2.05, 4.69) is 0 Å². The van der Waals surface area contributed by atoms with Crippen molar-refractivity contribution in [1.82, 2.24) is 0 Å². The lowest BCUT2D eigenvalue weighted by atomic mass is 10.3. The number of rotatable bonds is 1. The Morgan fingerprint density at radius 2 is 2.11 bits per heavy atom. The molecule has 1 fully saturated rings. The van der Waals surface area contributed by atoms with Gasteiger partial charge in [-0.15, -0.1) is 0 Å². The minimum atomic E-state index is -2.95. The summed E-state index contributed by atoms with van der Waals surface area (Å²) >= 11 is 0. The normalized spacial score (nSPS) is 32.8. The molecule has 1 aliphatic rings. The Morgan fingerprint density at radius 1 is 1.44 bits per heavy atom. The summed E-state index contributed by atoms with van der Waals surface area (Å²) in [6, 6.07) is 0. The summed E-state index contributed by atoms with van der Waals surface area (Å²) in [6.45, 7) is -0.456. The van der Waals surface area contributed by atoms with Gasteiger partial charge in [-0.2, -0.15) is 0 Å². The van der Waals surface area contributed by atoms with Crippen molar-refractivity contribution in [3.63, 3.8) is 0 Å². The summed E-state index contributed by atoms with van der Waals surface area (Å²) in [5.74, 6) is 0.222. The van der Waals surface area contributed by atoms with Crippen LogP contribution in [0.1, 0.15) is 12.8 Å². The quantitative estimate of drug-likeness (QED) is 0.526. The molecule has 1 saturated heterocycles. The van der Waals surface area contributed by atoms with Crippen LogP contribution in [0.5, 0.6) is 0 Å². The van der Waals surface area contributed by atoms with Crippen molar-refractivity contribution in [2.45, 2.75) is 18.1 Å². The monoisotopic (exact) mass is 149 g/mol. The molecule has 53 valence electrons. The lowest BCUT2D eigenvalue weighted by molar-refractivity contribution is 0.191. The molecule has 1 heterocycles. The zero-order chi connectivity index (χ0) is 6.91. The third-order valence-electron chi connectivity index (χ3n) is 1.65. The highest BCUT2D eigenvalue weighted by molar-refractivity contribution is 7.92. The van der Waals surface area contributed by atoms with Gasteiger partial charge in [0.05, 0.1) is 17.6 Å². The molecular formula is C5H9O3S. The van der Waals surface area contributed by atoms with Gasteiger partial charge in [0.2, 0.25) is 0 Å². The molecule has 9 heavy (non-hydrogen) atoms. The van der Waals surface area contributed by atoms with Crippen molar-refractivity contribution in [3.05, 3.63) is 0 Å². The van der Waals surface area contributed by atoms with Gasteiger partial charge < -0.3 is 0 Å². The molecule has 4 heteroatoms. The van der Waals surface area contributed by atoms with Gasteiger partial charge in [-0.1, -0.05) is 0 Å². The highest BCUT2D eigenvalue weighted by atomic mass is 32.2. The summed E-state index contributed by atoms with van der Waals surface area (Å²) < 4.78 is 21.6. The van der Waals surface area contributed by atoms with E-state index in [9.17, 15) is 13.5 Å². The van der Waals surface area contributed by atoms with E-state index in [1.54, 1.807) is 0 Å². The van der Waals surface area contributed by atoms with E-state index in [1.165, 1.54) is 0 Å². The van der Waals surface area contributed by atoms with Crippen molar-refractivity contribution < 1.29 is 13.5 Å². The first-order valence-corrected chi connectivity index (χ1v) is 4.68. The van der Waals surface area contributed by atoms with Crippen molar-refractivity contribution >= 4 is 9.84 Å². The maximum absolute atomic E-state index is 10.8. The predicted octanol–water partition coefficient (Wildman–Crippen LogP) is -0.00590. The smallest absolute Gasteiger partial charge is 0.155 e. The van der Waals surface area contributed by atoms with E-state index in [-0.39, 0.29) is 5.75 Å². The number of hydrogen-bond donors (Lipinski definition) is 0. The van der Waals surface area contributed by atoms with E-state index in [1.807, 2.05) is 0 Å². The summed E-state index contributed by atoms with van der Waals surface area (Å²) in [7, 11) is -2.95. The Bertz CT molecular complexity index is 182. The van der Waals surface area contributed by atoms with Gasteiger partial charge in [-0.05, 0) is 12.8 Å². The maximum Gasteiger partial charge on any atom is 0.155 e. The largest absolute Gasteiger partial charge is 0.235 e. The van der Waals surface area contributed by atoms with Crippen LogP contribution in [0.15, 0.2) is 0 Å². The second-order valence-corrected chi connectivity index (χ2v) is 4.70. The molecule has 1 radical (unpaired) electrons. The molecule has 1 aliphatic heterocycles. The van der Waals surface area contributed by atoms with E-state index < -0.39 is 21.7 Å². The Hall–Kier alpha value is -0.0900. The van der Waals surface area contributed by atoms with Gasteiger partial charge in [-0.3, -0.25) is 0 Å². The fraction of sp³-hybridized carbons (Fsp3) is 1.00. The zero-order valence-corrected chi connectivity index (χ0v) is 5.86. The fourth-order valence-corrected chi connectivity index (χ4v) is 2.68. The number of sulfone groups is 1. The molecule has 0 N–H and O–H groups in total. The van der Waals surface area contributed by atoms with Crippen molar-refractivity contribution in [2.24, 2.45) is 0 Å². The zero-order valence-electron chi connectivity index (χ0n) is 5.04. The summed E-state index contributed by atoms with van der Waals surface area (Å²) in [6.07, 6.45) is 1.25. The highest BCUT2D eigenvalue weighted by Crippen LogP contribution is 2.18. The SMILES string of the molecule is [O]CC1CCCS1(=O)=O. The molecule has 0 aromatic heterocycles. The molecule has 3 nitrogen and oxygen atoms in total. The Labute approximate surface area is 54.6 Å². The molecule has 0 aromatic rings. The van der Waals surface area contributed by atoms with Crippen LogP contribution in [0.25, 0.3) is 0 Å². The van der Waals surface area contributed by atoms with Crippen LogP contribution >= 0.6 is 0 Å². The Morgan fingerprint density at radius 3 is 2.33 bits per heavy atom. The molecule has 1 unspecified atom stereocenters. The van der Waals surface area contributed by atoms with Crippen LogP contribution in [-0.4, -0.2) is 26.0 Å². The third-order valence-corrected chi connectivity index (χ3v) is 3.89. The first-order chi connectivity index (χ1) is 4.17. The van der Waals surface area contributed by atoms with Gasteiger partial charge >= 0.3 is 0 Å². The van der Waals surface area contributed by atoms with Crippen molar-refractivity contribution in [1.29, 1.82) is 0 Å². The third kappa shape index (κ3) is 1.24. The van der Waals surface area contributed by atoms with E-state index in [0.29, 0.717) is 12.8 Å². The first kappa shape index (κ1) is 7.02. The standard InChI is InChI=1S/C5H9O3S/c6-4-5-2-1-3-9(5,7)8/h5H,1-4H2. The van der Waals surface area contributed by atoms with Crippen LogP contribution in [0.4, 0.5) is 0 Å². The van der Waals surface area contributed by atoms with E-state index in [0.717, 1.165) is 0 Å². The average Bonchev–Trinajstić information content (AvgIpc) is 2.08. The van der Waals surface area contributed by atoms with E-state index >= 15 is 0 Å². The summed E-state index contributed by atoms with van der Waals surface area (Å²) in [4.78, 5) is 0. The predicted molar refractivity (Wildman–Crippen MR) is 32.4 cm³/mol. The molecule has 1 atom stereocenters. The van der Waals surface area contributed by atoms with Crippen molar-refractivity contribution in [2.75, 3.05) is 12.4 Å². The topological polar surface area (TPSA) is 54.0 Å². The Balaban J connectivity index is 2.75. The molecule has 0 aromatic carbocycles. The van der Waals surface area contributed by atoms with Gasteiger partial charge in [-0.25, -0.2) is 13.5 Å². The fourth-order valence-electron chi connectivity index (χ4n) is 1.05. The molecular weight excluding hydrogens is 140 g/mol. The first-order valence-electron chi connectivity index (χ1n) is 2.96. The Kier molecular flexibility index (Phi) is 1.77. The molecule has 0 saturated carbocycles. The van der Waals surface area contributed by atoms with E-state index in [4.69, 9.17) is 0 Å². The number of hydrogen-bond acceptors (Lipinski definition) is 2.